The highest BCUT2D eigenvalue weighted by molar-refractivity contribution is 5.66. The molecular formula is C6H14O5. The smallest absolute Gasteiger partial charge is 0.304 e. The van der Waals surface area contributed by atoms with Crippen LogP contribution in [0.3, 0.4) is 0 Å². The number of esters is 1. The zero-order valence-corrected chi connectivity index (χ0v) is 6.42. The Hall–Kier alpha value is -0.650. The molecule has 0 aromatic carbocycles. The van der Waals surface area contributed by atoms with Gasteiger partial charge < -0.3 is 20.4 Å². The van der Waals surface area contributed by atoms with Gasteiger partial charge in [-0.25, -0.2) is 0 Å². The summed E-state index contributed by atoms with van der Waals surface area (Å²) in [5, 5.41) is 0. The average Bonchev–Trinajstić information content (AvgIpc) is 2.15. The molecule has 0 aromatic heterocycles. The van der Waals surface area contributed by atoms with Crippen LogP contribution in [0.15, 0.2) is 0 Å². The van der Waals surface area contributed by atoms with Crippen molar-refractivity contribution in [2.24, 2.45) is 0 Å². The monoisotopic (exact) mass is 166 g/mol. The second-order valence-corrected chi connectivity index (χ2v) is 2.05. The zero-order valence-electron chi connectivity index (χ0n) is 6.42. The van der Waals surface area contributed by atoms with Crippen LogP contribution >= 0.6 is 0 Å². The topological polar surface area (TPSA) is 98.5 Å². The lowest BCUT2D eigenvalue weighted by Crippen LogP contribution is -2.13. The predicted octanol–water partition coefficient (Wildman–Crippen LogP) is -0.963. The summed E-state index contributed by atoms with van der Waals surface area (Å²) in [7, 11) is 0. The van der Waals surface area contributed by atoms with Gasteiger partial charge in [0.2, 0.25) is 6.29 Å². The number of ether oxygens (including phenoxy) is 2. The molecule has 0 saturated carbocycles. The van der Waals surface area contributed by atoms with E-state index in [4.69, 9.17) is 9.47 Å². The summed E-state index contributed by atoms with van der Waals surface area (Å²) in [4.78, 5) is 10.3. The third-order valence-electron chi connectivity index (χ3n) is 1.19. The molecule has 0 amide bonds. The molecule has 4 N–H and O–H groups in total. The Balaban J connectivity index is 0. The van der Waals surface area contributed by atoms with Crippen LogP contribution in [-0.2, 0) is 14.3 Å². The van der Waals surface area contributed by atoms with E-state index in [1.165, 1.54) is 6.92 Å². The molecule has 1 aliphatic heterocycles. The minimum Gasteiger partial charge on any atom is -0.436 e. The van der Waals surface area contributed by atoms with Gasteiger partial charge >= 0.3 is 5.97 Å². The van der Waals surface area contributed by atoms with Gasteiger partial charge in [-0.3, -0.25) is 4.79 Å². The van der Waals surface area contributed by atoms with Gasteiger partial charge in [0.15, 0.2) is 0 Å². The van der Waals surface area contributed by atoms with Crippen molar-refractivity contribution in [3.63, 3.8) is 0 Å². The summed E-state index contributed by atoms with van der Waals surface area (Å²) in [6.07, 6.45) is 1.58. The van der Waals surface area contributed by atoms with Crippen molar-refractivity contribution in [3.05, 3.63) is 0 Å². The second-order valence-electron chi connectivity index (χ2n) is 2.05. The number of carbonyl (C=O) groups excluding carboxylic acids is 1. The van der Waals surface area contributed by atoms with E-state index in [0.717, 1.165) is 19.4 Å². The Morgan fingerprint density at radius 3 is 2.55 bits per heavy atom. The molecule has 68 valence electrons. The molecule has 0 aromatic rings. The summed E-state index contributed by atoms with van der Waals surface area (Å²) in [6.45, 7) is 2.11. The Morgan fingerprint density at radius 2 is 2.18 bits per heavy atom. The lowest BCUT2D eigenvalue weighted by atomic mass is 10.4. The Labute approximate surface area is 64.9 Å². The molecule has 0 bridgehead atoms. The third kappa shape index (κ3) is 4.72. The van der Waals surface area contributed by atoms with Crippen molar-refractivity contribution in [3.8, 4) is 0 Å². The van der Waals surface area contributed by atoms with Crippen molar-refractivity contribution in [1.29, 1.82) is 0 Å². The van der Waals surface area contributed by atoms with Crippen molar-refractivity contribution >= 4 is 5.97 Å². The normalized spacial score (nSPS) is 21.4. The van der Waals surface area contributed by atoms with Gasteiger partial charge in [-0.05, 0) is 6.42 Å². The van der Waals surface area contributed by atoms with Gasteiger partial charge in [0.05, 0.1) is 6.61 Å². The first-order chi connectivity index (χ1) is 4.29. The molecule has 0 aliphatic carbocycles. The number of rotatable bonds is 1. The highest BCUT2D eigenvalue weighted by atomic mass is 16.7. The van der Waals surface area contributed by atoms with E-state index in [-0.39, 0.29) is 23.2 Å². The molecule has 0 radical (unpaired) electrons. The second kappa shape index (κ2) is 6.09. The first-order valence-electron chi connectivity index (χ1n) is 3.08. The summed E-state index contributed by atoms with van der Waals surface area (Å²) in [5.74, 6) is -0.262. The molecular weight excluding hydrogens is 152 g/mol. The van der Waals surface area contributed by atoms with Crippen LogP contribution in [0.5, 0.6) is 0 Å². The van der Waals surface area contributed by atoms with Crippen LogP contribution in [-0.4, -0.2) is 29.8 Å². The fraction of sp³-hybridized carbons (Fsp3) is 0.833. The number of hydrogen-bond acceptors (Lipinski definition) is 3. The van der Waals surface area contributed by atoms with Gasteiger partial charge in [-0.2, -0.15) is 0 Å². The van der Waals surface area contributed by atoms with Crippen LogP contribution in [0.25, 0.3) is 0 Å². The number of hydrogen-bond donors (Lipinski definition) is 0. The van der Waals surface area contributed by atoms with Gasteiger partial charge in [0.25, 0.3) is 0 Å². The number of carbonyl (C=O) groups is 1. The molecule has 1 heterocycles. The Bertz CT molecular complexity index is 108. The maximum absolute atomic E-state index is 10.3. The highest BCUT2D eigenvalue weighted by Crippen LogP contribution is 2.12. The third-order valence-corrected chi connectivity index (χ3v) is 1.19. The fourth-order valence-electron chi connectivity index (χ4n) is 0.826. The lowest BCUT2D eigenvalue weighted by Gasteiger charge is -2.07. The van der Waals surface area contributed by atoms with Gasteiger partial charge in [0.1, 0.15) is 0 Å². The quantitative estimate of drug-likeness (QED) is 0.469. The maximum atomic E-state index is 10.3. The van der Waals surface area contributed by atoms with E-state index in [1.54, 1.807) is 0 Å². The molecule has 1 aliphatic rings. The highest BCUT2D eigenvalue weighted by Gasteiger charge is 2.17. The minimum absolute atomic E-state index is 0. The molecule has 5 nitrogen and oxygen atoms in total. The van der Waals surface area contributed by atoms with Gasteiger partial charge in [-0.1, -0.05) is 0 Å². The predicted molar refractivity (Wildman–Crippen MR) is 38.0 cm³/mol. The molecule has 1 rings (SSSR count). The van der Waals surface area contributed by atoms with E-state index in [1.807, 2.05) is 0 Å². The Morgan fingerprint density at radius 1 is 1.55 bits per heavy atom. The summed E-state index contributed by atoms with van der Waals surface area (Å²) >= 11 is 0. The largest absolute Gasteiger partial charge is 0.436 e. The van der Waals surface area contributed by atoms with E-state index < -0.39 is 0 Å². The summed E-state index contributed by atoms with van der Waals surface area (Å²) < 4.78 is 9.77. The van der Waals surface area contributed by atoms with Gasteiger partial charge in [-0.15, -0.1) is 0 Å². The summed E-state index contributed by atoms with van der Waals surface area (Å²) in [5.41, 5.74) is 0. The van der Waals surface area contributed by atoms with Crippen molar-refractivity contribution < 1.29 is 25.2 Å². The van der Waals surface area contributed by atoms with Crippen molar-refractivity contribution in [2.45, 2.75) is 26.1 Å². The van der Waals surface area contributed by atoms with E-state index in [2.05, 4.69) is 0 Å². The SMILES string of the molecule is CC(=O)OC1CCCO1.O.O. The molecule has 1 unspecified atom stereocenters. The average molecular weight is 166 g/mol. The molecule has 5 heteroatoms. The molecule has 1 atom stereocenters. The lowest BCUT2D eigenvalue weighted by molar-refractivity contribution is -0.166. The zero-order chi connectivity index (χ0) is 6.69. The minimum atomic E-state index is -0.262. The van der Waals surface area contributed by atoms with Crippen LogP contribution in [0.1, 0.15) is 19.8 Å². The first kappa shape index (κ1) is 13.0. The molecule has 11 heavy (non-hydrogen) atoms. The van der Waals surface area contributed by atoms with E-state index in [0.29, 0.717) is 0 Å². The fourth-order valence-corrected chi connectivity index (χ4v) is 0.826. The Kier molecular flexibility index (Phi) is 7.18. The first-order valence-corrected chi connectivity index (χ1v) is 3.08. The molecule has 1 saturated heterocycles. The molecule has 1 fully saturated rings. The summed E-state index contributed by atoms with van der Waals surface area (Å²) in [6, 6.07) is 0. The van der Waals surface area contributed by atoms with Crippen molar-refractivity contribution in [2.75, 3.05) is 6.61 Å². The van der Waals surface area contributed by atoms with Crippen LogP contribution in [0.2, 0.25) is 0 Å². The van der Waals surface area contributed by atoms with E-state index >= 15 is 0 Å². The van der Waals surface area contributed by atoms with Crippen molar-refractivity contribution in [1.82, 2.24) is 0 Å². The maximum Gasteiger partial charge on any atom is 0.304 e. The van der Waals surface area contributed by atoms with Crippen LogP contribution < -0.4 is 0 Å². The van der Waals surface area contributed by atoms with Gasteiger partial charge in [0, 0.05) is 13.3 Å². The van der Waals surface area contributed by atoms with E-state index in [9.17, 15) is 4.79 Å². The standard InChI is InChI=1S/C6H10O3.2H2O/c1-5(7)9-6-3-2-4-8-6;;/h6H,2-4H2,1H3;2*1H2. The molecule has 0 spiro atoms. The van der Waals surface area contributed by atoms with Crippen LogP contribution in [0.4, 0.5) is 0 Å². The van der Waals surface area contributed by atoms with Crippen LogP contribution in [0, 0.1) is 0 Å².